The van der Waals surface area contributed by atoms with Crippen LogP contribution in [-0.2, 0) is 0 Å². The van der Waals surface area contributed by atoms with E-state index in [1.807, 2.05) is 12.3 Å². The molecule has 3 aromatic rings. The van der Waals surface area contributed by atoms with Crippen LogP contribution in [0.15, 0.2) is 48.7 Å². The quantitative estimate of drug-likeness (QED) is 0.471. The molecule has 0 bridgehead atoms. The van der Waals surface area contributed by atoms with Gasteiger partial charge in [-0.3, -0.25) is 4.98 Å². The molecule has 1 heterocycles. The van der Waals surface area contributed by atoms with Crippen LogP contribution in [0.5, 0.6) is 0 Å². The second kappa shape index (κ2) is 3.92. The maximum atomic E-state index is 4.61. The van der Waals surface area contributed by atoms with Gasteiger partial charge in [-0.05, 0) is 11.5 Å². The first kappa shape index (κ1) is 11.4. The molecule has 0 aliphatic rings. The molecule has 0 spiro atoms. The molecular weight excluding hydrogens is 234 g/mol. The van der Waals surface area contributed by atoms with Crippen molar-refractivity contribution in [1.29, 1.82) is 0 Å². The molecule has 90 valence electrons. The number of rotatable bonds is 1. The molecule has 0 N–H and O–H groups in total. The van der Waals surface area contributed by atoms with Gasteiger partial charge in [0.1, 0.15) is 0 Å². The van der Waals surface area contributed by atoms with Crippen molar-refractivity contribution >= 4 is 34.9 Å². The van der Waals surface area contributed by atoms with Crippen LogP contribution < -0.4 is 5.19 Å². The lowest BCUT2D eigenvalue weighted by Crippen LogP contribution is -2.38. The van der Waals surface area contributed by atoms with Crippen LogP contribution in [0.3, 0.4) is 0 Å². The highest BCUT2D eigenvalue weighted by molar-refractivity contribution is 6.90. The van der Waals surface area contributed by atoms with Crippen molar-refractivity contribution in [3.05, 3.63) is 48.7 Å². The zero-order valence-corrected chi connectivity index (χ0v) is 12.1. The van der Waals surface area contributed by atoms with Gasteiger partial charge in [-0.15, -0.1) is 0 Å². The van der Waals surface area contributed by atoms with Gasteiger partial charge >= 0.3 is 0 Å². The average molecular weight is 251 g/mol. The molecule has 1 aromatic heterocycles. The highest BCUT2D eigenvalue weighted by atomic mass is 28.3. The molecule has 0 amide bonds. The Kier molecular flexibility index (Phi) is 2.49. The molecule has 0 saturated heterocycles. The van der Waals surface area contributed by atoms with Crippen LogP contribution in [0.25, 0.3) is 21.7 Å². The number of hydrogen-bond acceptors (Lipinski definition) is 1. The summed E-state index contributed by atoms with van der Waals surface area (Å²) in [6, 6.07) is 15.2. The maximum absolute atomic E-state index is 4.61. The second-order valence-electron chi connectivity index (χ2n) is 5.79. The number of hydrogen-bond donors (Lipinski definition) is 0. The topological polar surface area (TPSA) is 12.9 Å². The van der Waals surface area contributed by atoms with Gasteiger partial charge in [0.25, 0.3) is 0 Å². The van der Waals surface area contributed by atoms with Crippen LogP contribution in [0.2, 0.25) is 19.6 Å². The Balaban J connectivity index is 2.55. The molecule has 1 nitrogen and oxygen atoms in total. The first-order valence-corrected chi connectivity index (χ1v) is 9.84. The molecule has 0 saturated carbocycles. The number of nitrogens with zero attached hydrogens (tertiary/aromatic N) is 1. The predicted octanol–water partition coefficient (Wildman–Crippen LogP) is 3.93. The Hall–Kier alpha value is -1.67. The van der Waals surface area contributed by atoms with Crippen LogP contribution in [0.4, 0.5) is 0 Å². The van der Waals surface area contributed by atoms with Crippen molar-refractivity contribution in [3.63, 3.8) is 0 Å². The molecule has 0 radical (unpaired) electrons. The van der Waals surface area contributed by atoms with Crippen LogP contribution in [0, 0.1) is 0 Å². The third-order valence-electron chi connectivity index (χ3n) is 3.42. The average Bonchev–Trinajstić information content (AvgIpc) is 2.36. The van der Waals surface area contributed by atoms with Crippen LogP contribution in [0.1, 0.15) is 0 Å². The summed E-state index contributed by atoms with van der Waals surface area (Å²) in [7, 11) is -1.35. The van der Waals surface area contributed by atoms with Crippen molar-refractivity contribution in [1.82, 2.24) is 4.98 Å². The van der Waals surface area contributed by atoms with Gasteiger partial charge in [-0.25, -0.2) is 0 Å². The molecule has 0 aliphatic carbocycles. The van der Waals surface area contributed by atoms with E-state index in [0.717, 1.165) is 5.52 Å². The summed E-state index contributed by atoms with van der Waals surface area (Å²) in [5.41, 5.74) is 1.15. The fourth-order valence-corrected chi connectivity index (χ4v) is 4.15. The summed E-state index contributed by atoms with van der Waals surface area (Å²) in [6.07, 6.45) is 1.89. The van der Waals surface area contributed by atoms with E-state index in [1.54, 1.807) is 0 Å². The van der Waals surface area contributed by atoms with Gasteiger partial charge in [0.05, 0.1) is 13.6 Å². The van der Waals surface area contributed by atoms with E-state index in [2.05, 4.69) is 61.0 Å². The van der Waals surface area contributed by atoms with Gasteiger partial charge in [0.15, 0.2) is 0 Å². The number of aromatic nitrogens is 1. The van der Waals surface area contributed by atoms with Crippen molar-refractivity contribution in [3.8, 4) is 0 Å². The Morgan fingerprint density at radius 3 is 2.33 bits per heavy atom. The van der Waals surface area contributed by atoms with Gasteiger partial charge in [0.2, 0.25) is 0 Å². The molecule has 2 heteroatoms. The minimum Gasteiger partial charge on any atom is -0.256 e. The molecule has 0 unspecified atom stereocenters. The van der Waals surface area contributed by atoms with E-state index in [4.69, 9.17) is 0 Å². The summed E-state index contributed by atoms with van der Waals surface area (Å²) >= 11 is 0. The number of benzene rings is 2. The molecule has 0 atom stereocenters. The monoisotopic (exact) mass is 251 g/mol. The normalized spacial score (nSPS) is 12.2. The summed E-state index contributed by atoms with van der Waals surface area (Å²) < 4.78 is 0. The Bertz CT molecular complexity index is 726. The van der Waals surface area contributed by atoms with Gasteiger partial charge in [0, 0.05) is 17.0 Å². The first-order valence-electron chi connectivity index (χ1n) is 6.34. The Morgan fingerprint density at radius 1 is 0.833 bits per heavy atom. The minimum absolute atomic E-state index is 1.15. The predicted molar refractivity (Wildman–Crippen MR) is 82.2 cm³/mol. The highest BCUT2D eigenvalue weighted by Crippen LogP contribution is 2.24. The van der Waals surface area contributed by atoms with E-state index in [9.17, 15) is 0 Å². The zero-order chi connectivity index (χ0) is 12.8. The van der Waals surface area contributed by atoms with E-state index in [1.165, 1.54) is 21.3 Å². The fourth-order valence-electron chi connectivity index (χ4n) is 2.54. The standard InChI is InChI=1S/C16H17NSi/c1-18(2,3)14-8-4-6-12-9-10-13-7-5-11-17-16(13)15(12)14/h4-11H,1-3H3. The van der Waals surface area contributed by atoms with E-state index in [-0.39, 0.29) is 0 Å². The number of fused-ring (bicyclic) bond motifs is 3. The summed E-state index contributed by atoms with van der Waals surface area (Å²) in [6.45, 7) is 7.18. The molecular formula is C16H17NSi. The van der Waals surface area contributed by atoms with Crippen molar-refractivity contribution < 1.29 is 0 Å². The van der Waals surface area contributed by atoms with Crippen molar-refractivity contribution in [2.75, 3.05) is 0 Å². The zero-order valence-electron chi connectivity index (χ0n) is 11.1. The SMILES string of the molecule is C[Si](C)(C)c1cccc2ccc3cccnc3c12. The molecule has 18 heavy (non-hydrogen) atoms. The lowest BCUT2D eigenvalue weighted by Gasteiger charge is -2.20. The van der Waals surface area contributed by atoms with Gasteiger partial charge < -0.3 is 0 Å². The Labute approximate surface area is 108 Å². The minimum atomic E-state index is -1.35. The van der Waals surface area contributed by atoms with E-state index >= 15 is 0 Å². The third kappa shape index (κ3) is 1.73. The Morgan fingerprint density at radius 2 is 1.56 bits per heavy atom. The smallest absolute Gasteiger partial charge is 0.0785 e. The number of pyridine rings is 1. The summed E-state index contributed by atoms with van der Waals surface area (Å²) in [4.78, 5) is 4.61. The second-order valence-corrected chi connectivity index (χ2v) is 10.8. The molecule has 2 aromatic carbocycles. The largest absolute Gasteiger partial charge is 0.256 e. The van der Waals surface area contributed by atoms with Crippen molar-refractivity contribution in [2.45, 2.75) is 19.6 Å². The van der Waals surface area contributed by atoms with E-state index < -0.39 is 8.07 Å². The summed E-state index contributed by atoms with van der Waals surface area (Å²) in [5, 5.41) is 5.40. The van der Waals surface area contributed by atoms with Crippen LogP contribution >= 0.6 is 0 Å². The van der Waals surface area contributed by atoms with Gasteiger partial charge in [-0.1, -0.05) is 61.2 Å². The fraction of sp³-hybridized carbons (Fsp3) is 0.188. The van der Waals surface area contributed by atoms with Crippen LogP contribution in [-0.4, -0.2) is 13.1 Å². The summed E-state index contributed by atoms with van der Waals surface area (Å²) in [5.74, 6) is 0. The lowest BCUT2D eigenvalue weighted by atomic mass is 10.1. The molecule has 0 aliphatic heterocycles. The van der Waals surface area contributed by atoms with Gasteiger partial charge in [-0.2, -0.15) is 0 Å². The van der Waals surface area contributed by atoms with E-state index in [0.29, 0.717) is 0 Å². The van der Waals surface area contributed by atoms with Crippen molar-refractivity contribution in [2.24, 2.45) is 0 Å². The lowest BCUT2D eigenvalue weighted by molar-refractivity contribution is 1.43. The first-order chi connectivity index (χ1) is 8.57. The maximum Gasteiger partial charge on any atom is 0.0785 e. The third-order valence-corrected chi connectivity index (χ3v) is 5.46. The molecule has 0 fully saturated rings. The molecule has 3 rings (SSSR count). The highest BCUT2D eigenvalue weighted by Gasteiger charge is 2.20.